The number of hydrogen-bond acceptors (Lipinski definition) is 4. The Morgan fingerprint density at radius 2 is 1.80 bits per heavy atom. The van der Waals surface area contributed by atoms with Crippen LogP contribution in [0.4, 0.5) is 13.2 Å². The van der Waals surface area contributed by atoms with Gasteiger partial charge in [-0.3, -0.25) is 4.79 Å². The Labute approximate surface area is 171 Å². The molecular weight excluding hydrogens is 397 g/mol. The second-order valence-electron chi connectivity index (χ2n) is 6.85. The minimum absolute atomic E-state index is 0.159. The normalized spacial score (nSPS) is 12.6. The van der Waals surface area contributed by atoms with Crippen LogP contribution in [0, 0.1) is 0 Å². The lowest BCUT2D eigenvalue weighted by Gasteiger charge is -2.14. The largest absolute Gasteiger partial charge is 0.481 e. The summed E-state index contributed by atoms with van der Waals surface area (Å²) < 4.78 is 48.9. The maximum atomic E-state index is 12.9. The Morgan fingerprint density at radius 1 is 1.10 bits per heavy atom. The maximum Gasteiger partial charge on any atom is 0.416 e. The summed E-state index contributed by atoms with van der Waals surface area (Å²) in [6.07, 6.45) is -4.41. The van der Waals surface area contributed by atoms with Gasteiger partial charge in [-0.2, -0.15) is 13.2 Å². The number of carbonyl (C=O) groups is 1. The standard InChI is InChI=1S/C22H21F3N2O3/c1-13(12-29-2)26-21(28)15-6-9-18-16(10-15)11-19(30-3)27-20(18)14-4-7-17(8-5-14)22(23,24)25/h4-11,13H,12H2,1-3H3,(H,26,28)/t13-/m0/s1. The Bertz CT molecular complexity index is 1050. The van der Waals surface area contributed by atoms with E-state index in [9.17, 15) is 18.0 Å². The number of halogens is 3. The van der Waals surface area contributed by atoms with Crippen LogP contribution < -0.4 is 10.1 Å². The zero-order valence-corrected chi connectivity index (χ0v) is 16.7. The molecule has 0 aliphatic heterocycles. The number of nitrogens with one attached hydrogen (secondary N) is 1. The van der Waals surface area contributed by atoms with E-state index in [1.807, 2.05) is 6.92 Å². The van der Waals surface area contributed by atoms with Gasteiger partial charge in [0.25, 0.3) is 5.91 Å². The van der Waals surface area contributed by atoms with E-state index in [1.54, 1.807) is 31.4 Å². The summed E-state index contributed by atoms with van der Waals surface area (Å²) in [4.78, 5) is 16.9. The van der Waals surface area contributed by atoms with Crippen molar-refractivity contribution in [3.8, 4) is 17.1 Å². The van der Waals surface area contributed by atoms with Crippen molar-refractivity contribution in [1.82, 2.24) is 10.3 Å². The van der Waals surface area contributed by atoms with Crippen LogP contribution >= 0.6 is 0 Å². The fourth-order valence-electron chi connectivity index (χ4n) is 3.12. The molecule has 0 aliphatic carbocycles. The molecule has 2 aromatic carbocycles. The van der Waals surface area contributed by atoms with Crippen molar-refractivity contribution in [3.63, 3.8) is 0 Å². The summed E-state index contributed by atoms with van der Waals surface area (Å²) >= 11 is 0. The number of rotatable bonds is 6. The summed E-state index contributed by atoms with van der Waals surface area (Å²) in [5.41, 5.74) is 0.690. The van der Waals surface area contributed by atoms with Gasteiger partial charge < -0.3 is 14.8 Å². The fraction of sp³-hybridized carbons (Fsp3) is 0.273. The van der Waals surface area contributed by atoms with Gasteiger partial charge in [0.05, 0.1) is 25.0 Å². The molecule has 1 amide bonds. The first kappa shape index (κ1) is 21.6. The summed E-state index contributed by atoms with van der Waals surface area (Å²) in [6.45, 7) is 2.22. The summed E-state index contributed by atoms with van der Waals surface area (Å²) in [5.74, 6) is 0.0380. The minimum atomic E-state index is -4.41. The van der Waals surface area contributed by atoms with E-state index in [-0.39, 0.29) is 11.9 Å². The molecule has 0 spiro atoms. The number of carbonyl (C=O) groups excluding carboxylic acids is 1. The topological polar surface area (TPSA) is 60.5 Å². The monoisotopic (exact) mass is 418 g/mol. The van der Waals surface area contributed by atoms with Crippen molar-refractivity contribution in [2.24, 2.45) is 0 Å². The van der Waals surface area contributed by atoms with E-state index in [0.29, 0.717) is 40.1 Å². The summed E-state index contributed by atoms with van der Waals surface area (Å²) in [6, 6.07) is 11.4. The zero-order chi connectivity index (χ0) is 21.9. The highest BCUT2D eigenvalue weighted by Gasteiger charge is 2.30. The van der Waals surface area contributed by atoms with Gasteiger partial charge in [-0.05, 0) is 36.6 Å². The maximum absolute atomic E-state index is 12.9. The molecular formula is C22H21F3N2O3. The van der Waals surface area contributed by atoms with Crippen molar-refractivity contribution in [1.29, 1.82) is 0 Å². The average Bonchev–Trinajstić information content (AvgIpc) is 2.72. The zero-order valence-electron chi connectivity index (χ0n) is 16.7. The molecule has 1 heterocycles. The molecule has 0 fully saturated rings. The minimum Gasteiger partial charge on any atom is -0.481 e. The molecule has 3 aromatic rings. The molecule has 1 N–H and O–H groups in total. The highest BCUT2D eigenvalue weighted by molar-refractivity contribution is 6.02. The third-order valence-corrected chi connectivity index (χ3v) is 4.56. The predicted octanol–water partition coefficient (Wildman–Crippen LogP) is 4.69. The van der Waals surface area contributed by atoms with Crippen molar-refractivity contribution < 1.29 is 27.4 Å². The number of fused-ring (bicyclic) bond motifs is 1. The van der Waals surface area contributed by atoms with Crippen LogP contribution in [0.1, 0.15) is 22.8 Å². The molecule has 0 radical (unpaired) electrons. The van der Waals surface area contributed by atoms with Gasteiger partial charge in [0.2, 0.25) is 5.88 Å². The van der Waals surface area contributed by atoms with Crippen LogP contribution in [0.3, 0.4) is 0 Å². The van der Waals surface area contributed by atoms with Gasteiger partial charge in [-0.25, -0.2) is 4.98 Å². The second-order valence-corrected chi connectivity index (χ2v) is 6.85. The Balaban J connectivity index is 2.02. The Hall–Kier alpha value is -3.13. The average molecular weight is 418 g/mol. The lowest BCUT2D eigenvalue weighted by Crippen LogP contribution is -2.35. The number of alkyl halides is 3. The SMILES string of the molecule is COC[C@H](C)NC(=O)c1ccc2c(-c3ccc(C(F)(F)F)cc3)nc(OC)cc2c1. The molecule has 3 rings (SSSR count). The van der Waals surface area contributed by atoms with E-state index < -0.39 is 11.7 Å². The van der Waals surface area contributed by atoms with Crippen molar-refractivity contribution in [2.75, 3.05) is 20.8 Å². The molecule has 8 heteroatoms. The molecule has 30 heavy (non-hydrogen) atoms. The van der Waals surface area contributed by atoms with Crippen LogP contribution in [0.5, 0.6) is 5.88 Å². The Kier molecular flexibility index (Phi) is 6.26. The van der Waals surface area contributed by atoms with Crippen LogP contribution in [0.25, 0.3) is 22.0 Å². The summed E-state index contributed by atoms with van der Waals surface area (Å²) in [5, 5.41) is 4.22. The molecule has 0 saturated carbocycles. The highest BCUT2D eigenvalue weighted by Crippen LogP contribution is 2.34. The predicted molar refractivity (Wildman–Crippen MR) is 108 cm³/mol. The molecule has 0 bridgehead atoms. The number of methoxy groups -OCH3 is 2. The molecule has 5 nitrogen and oxygen atoms in total. The lowest BCUT2D eigenvalue weighted by atomic mass is 10.0. The molecule has 1 aromatic heterocycles. The number of aromatic nitrogens is 1. The van der Waals surface area contributed by atoms with Crippen LogP contribution in [0.15, 0.2) is 48.5 Å². The van der Waals surface area contributed by atoms with E-state index in [2.05, 4.69) is 10.3 Å². The van der Waals surface area contributed by atoms with Crippen molar-refractivity contribution in [2.45, 2.75) is 19.1 Å². The third kappa shape index (κ3) is 4.71. The Morgan fingerprint density at radius 3 is 2.40 bits per heavy atom. The number of nitrogens with zero attached hydrogens (tertiary/aromatic N) is 1. The quantitative estimate of drug-likeness (QED) is 0.631. The first-order valence-corrected chi connectivity index (χ1v) is 9.19. The molecule has 0 aliphatic rings. The van der Waals surface area contributed by atoms with Gasteiger partial charge in [-0.15, -0.1) is 0 Å². The molecule has 158 valence electrons. The fourth-order valence-corrected chi connectivity index (χ4v) is 3.12. The smallest absolute Gasteiger partial charge is 0.416 e. The molecule has 1 atom stereocenters. The number of pyridine rings is 1. The van der Waals surface area contributed by atoms with E-state index in [1.165, 1.54) is 19.2 Å². The number of ether oxygens (including phenoxy) is 2. The van der Waals surface area contributed by atoms with E-state index >= 15 is 0 Å². The van der Waals surface area contributed by atoms with Gasteiger partial charge in [0.15, 0.2) is 0 Å². The third-order valence-electron chi connectivity index (χ3n) is 4.56. The first-order chi connectivity index (χ1) is 14.2. The number of benzene rings is 2. The van der Waals surface area contributed by atoms with Crippen molar-refractivity contribution in [3.05, 3.63) is 59.7 Å². The number of amides is 1. The highest BCUT2D eigenvalue weighted by atomic mass is 19.4. The van der Waals surface area contributed by atoms with Crippen LogP contribution in [-0.2, 0) is 10.9 Å². The summed E-state index contributed by atoms with van der Waals surface area (Å²) in [7, 11) is 3.01. The molecule has 0 saturated heterocycles. The first-order valence-electron chi connectivity index (χ1n) is 9.19. The molecule has 0 unspecified atom stereocenters. The van der Waals surface area contributed by atoms with Crippen molar-refractivity contribution >= 4 is 16.7 Å². The second kappa shape index (κ2) is 8.71. The van der Waals surface area contributed by atoms with Crippen LogP contribution in [-0.4, -0.2) is 37.8 Å². The van der Waals surface area contributed by atoms with Gasteiger partial charge in [-0.1, -0.05) is 18.2 Å². The van der Waals surface area contributed by atoms with Crippen LogP contribution in [0.2, 0.25) is 0 Å². The van der Waals surface area contributed by atoms with E-state index in [0.717, 1.165) is 12.1 Å². The van der Waals surface area contributed by atoms with E-state index in [4.69, 9.17) is 9.47 Å². The van der Waals surface area contributed by atoms with Gasteiger partial charge >= 0.3 is 6.18 Å². The van der Waals surface area contributed by atoms with Gasteiger partial charge in [0, 0.05) is 35.7 Å². The lowest BCUT2D eigenvalue weighted by molar-refractivity contribution is -0.137. The van der Waals surface area contributed by atoms with Gasteiger partial charge in [0.1, 0.15) is 0 Å². The number of hydrogen-bond donors (Lipinski definition) is 1.